The maximum atomic E-state index is 12.1. The van der Waals surface area contributed by atoms with Crippen LogP contribution in [0.2, 0.25) is 0 Å². The lowest BCUT2D eigenvalue weighted by atomic mass is 10.1. The van der Waals surface area contributed by atoms with Crippen molar-refractivity contribution >= 4 is 10.0 Å². The van der Waals surface area contributed by atoms with Crippen molar-refractivity contribution < 1.29 is 8.42 Å². The van der Waals surface area contributed by atoms with E-state index in [1.807, 2.05) is 6.07 Å². The highest BCUT2D eigenvalue weighted by atomic mass is 32.2. The van der Waals surface area contributed by atoms with E-state index >= 15 is 0 Å². The van der Waals surface area contributed by atoms with E-state index in [0.29, 0.717) is 17.7 Å². The van der Waals surface area contributed by atoms with E-state index in [2.05, 4.69) is 9.62 Å². The summed E-state index contributed by atoms with van der Waals surface area (Å²) in [4.78, 5) is 2.29. The number of nitriles is 1. The largest absolute Gasteiger partial charge is 0.302 e. The van der Waals surface area contributed by atoms with E-state index in [-0.39, 0.29) is 5.75 Å². The fourth-order valence-electron chi connectivity index (χ4n) is 2.55. The summed E-state index contributed by atoms with van der Waals surface area (Å²) in [5.74, 6) is -0.142. The molecule has 1 aromatic carbocycles. The summed E-state index contributed by atoms with van der Waals surface area (Å²) >= 11 is 0. The number of likely N-dealkylation sites (tertiary alicyclic amines) is 1. The van der Waals surface area contributed by atoms with Crippen LogP contribution in [0.15, 0.2) is 24.3 Å². The van der Waals surface area contributed by atoms with Crippen molar-refractivity contribution in [2.24, 2.45) is 0 Å². The van der Waals surface area contributed by atoms with E-state index in [9.17, 15) is 8.42 Å². The van der Waals surface area contributed by atoms with E-state index < -0.39 is 10.0 Å². The van der Waals surface area contributed by atoms with Crippen LogP contribution in [0.1, 0.15) is 30.4 Å². The summed E-state index contributed by atoms with van der Waals surface area (Å²) in [6.07, 6.45) is 3.66. The minimum Gasteiger partial charge on any atom is -0.302 e. The Hall–Kier alpha value is -1.42. The number of nitrogens with one attached hydrogen (secondary N) is 1. The lowest BCUT2D eigenvalue weighted by Crippen LogP contribution is -2.38. The Morgan fingerprint density at radius 1 is 1.19 bits per heavy atom. The number of hydrogen-bond acceptors (Lipinski definition) is 4. The van der Waals surface area contributed by atoms with Gasteiger partial charge in [-0.25, -0.2) is 13.1 Å². The molecule has 0 bridgehead atoms. The maximum Gasteiger partial charge on any atom is 0.215 e. The molecule has 114 valence electrons. The van der Waals surface area contributed by atoms with E-state index in [4.69, 9.17) is 5.26 Å². The van der Waals surface area contributed by atoms with Crippen LogP contribution in [0.4, 0.5) is 0 Å². The summed E-state index contributed by atoms with van der Waals surface area (Å²) in [7, 11) is -3.40. The normalized spacial score (nSPS) is 16.5. The van der Waals surface area contributed by atoms with Gasteiger partial charge >= 0.3 is 0 Å². The molecule has 1 fully saturated rings. The minimum absolute atomic E-state index is 0.142. The highest BCUT2D eigenvalue weighted by molar-refractivity contribution is 7.88. The number of sulfonamides is 1. The number of rotatable bonds is 6. The van der Waals surface area contributed by atoms with Crippen LogP contribution in [0.5, 0.6) is 0 Å². The van der Waals surface area contributed by atoms with Gasteiger partial charge in [0.05, 0.1) is 17.4 Å². The molecule has 0 saturated carbocycles. The molecule has 2 rings (SSSR count). The average Bonchev–Trinajstić information content (AvgIpc) is 2.48. The molecule has 1 aromatic rings. The zero-order valence-electron chi connectivity index (χ0n) is 12.1. The lowest BCUT2D eigenvalue weighted by molar-refractivity contribution is 0.232. The van der Waals surface area contributed by atoms with Gasteiger partial charge < -0.3 is 4.90 Å². The van der Waals surface area contributed by atoms with Crippen molar-refractivity contribution in [1.82, 2.24) is 9.62 Å². The molecule has 1 N–H and O–H groups in total. The second kappa shape index (κ2) is 7.55. The Balaban J connectivity index is 1.85. The molecule has 0 radical (unpaired) electrons. The van der Waals surface area contributed by atoms with Crippen molar-refractivity contribution in [3.05, 3.63) is 35.4 Å². The highest BCUT2D eigenvalue weighted by Gasteiger charge is 2.15. The third kappa shape index (κ3) is 5.12. The monoisotopic (exact) mass is 307 g/mol. The quantitative estimate of drug-likeness (QED) is 0.863. The first-order valence-corrected chi connectivity index (χ1v) is 8.94. The fraction of sp³-hybridized carbons (Fsp3) is 0.533. The summed E-state index contributed by atoms with van der Waals surface area (Å²) in [5.41, 5.74) is 0.962. The smallest absolute Gasteiger partial charge is 0.215 e. The second-order valence-electron chi connectivity index (χ2n) is 5.32. The van der Waals surface area contributed by atoms with Gasteiger partial charge in [-0.3, -0.25) is 0 Å². The summed E-state index contributed by atoms with van der Waals surface area (Å²) < 4.78 is 26.8. The molecule has 0 unspecified atom stereocenters. The Morgan fingerprint density at radius 2 is 1.90 bits per heavy atom. The third-order valence-electron chi connectivity index (χ3n) is 3.68. The summed E-state index contributed by atoms with van der Waals surface area (Å²) in [6, 6.07) is 8.83. The molecule has 1 aliphatic rings. The van der Waals surface area contributed by atoms with Gasteiger partial charge in [-0.1, -0.05) is 24.6 Å². The Morgan fingerprint density at radius 3 is 2.62 bits per heavy atom. The predicted octanol–water partition coefficient (Wildman–Crippen LogP) is 1.46. The Kier molecular flexibility index (Phi) is 5.74. The predicted molar refractivity (Wildman–Crippen MR) is 82.1 cm³/mol. The SMILES string of the molecule is N#Cc1ccccc1CS(=O)(=O)NCCN1CCCCC1. The lowest BCUT2D eigenvalue weighted by Gasteiger charge is -2.26. The molecule has 0 spiro atoms. The number of hydrogen-bond donors (Lipinski definition) is 1. The van der Waals surface area contributed by atoms with E-state index in [0.717, 1.165) is 19.6 Å². The summed E-state index contributed by atoms with van der Waals surface area (Å²) in [5, 5.41) is 8.99. The highest BCUT2D eigenvalue weighted by Crippen LogP contribution is 2.11. The number of nitrogens with zero attached hydrogens (tertiary/aromatic N) is 2. The van der Waals surface area contributed by atoms with Crippen molar-refractivity contribution in [3.8, 4) is 6.07 Å². The van der Waals surface area contributed by atoms with Crippen LogP contribution >= 0.6 is 0 Å². The third-order valence-corrected chi connectivity index (χ3v) is 5.02. The van der Waals surface area contributed by atoms with Crippen LogP contribution in [0.25, 0.3) is 0 Å². The van der Waals surface area contributed by atoms with Gasteiger partial charge in [-0.2, -0.15) is 5.26 Å². The molecule has 1 saturated heterocycles. The molecule has 6 heteroatoms. The average molecular weight is 307 g/mol. The van der Waals surface area contributed by atoms with Crippen LogP contribution in [-0.4, -0.2) is 39.5 Å². The molecule has 0 aromatic heterocycles. The molecule has 0 amide bonds. The second-order valence-corrected chi connectivity index (χ2v) is 7.13. The van der Waals surface area contributed by atoms with Crippen LogP contribution in [0.3, 0.4) is 0 Å². The molecule has 1 aliphatic heterocycles. The minimum atomic E-state index is -3.40. The van der Waals surface area contributed by atoms with Crippen molar-refractivity contribution in [1.29, 1.82) is 5.26 Å². The molecule has 0 atom stereocenters. The van der Waals surface area contributed by atoms with Gasteiger partial charge in [0.15, 0.2) is 0 Å². The first-order valence-electron chi connectivity index (χ1n) is 7.28. The van der Waals surface area contributed by atoms with Crippen molar-refractivity contribution in [3.63, 3.8) is 0 Å². The first kappa shape index (κ1) is 16.0. The van der Waals surface area contributed by atoms with Gasteiger partial charge in [-0.15, -0.1) is 0 Å². The van der Waals surface area contributed by atoms with Gasteiger partial charge in [-0.05, 0) is 37.6 Å². The molecular weight excluding hydrogens is 286 g/mol. The first-order chi connectivity index (χ1) is 10.1. The zero-order chi connectivity index (χ0) is 15.1. The topological polar surface area (TPSA) is 73.2 Å². The van der Waals surface area contributed by atoms with Crippen LogP contribution in [-0.2, 0) is 15.8 Å². The van der Waals surface area contributed by atoms with E-state index in [1.165, 1.54) is 19.3 Å². The molecule has 21 heavy (non-hydrogen) atoms. The van der Waals surface area contributed by atoms with Crippen LogP contribution in [0, 0.1) is 11.3 Å². The Bertz CT molecular complexity index is 602. The zero-order valence-corrected chi connectivity index (χ0v) is 12.9. The van der Waals surface area contributed by atoms with Gasteiger partial charge in [0.25, 0.3) is 0 Å². The fourth-order valence-corrected chi connectivity index (χ4v) is 3.72. The van der Waals surface area contributed by atoms with Crippen LogP contribution < -0.4 is 4.72 Å². The van der Waals surface area contributed by atoms with Gasteiger partial charge in [0.1, 0.15) is 0 Å². The summed E-state index contributed by atoms with van der Waals surface area (Å²) in [6.45, 7) is 3.29. The molecular formula is C15H21N3O2S. The van der Waals surface area contributed by atoms with Gasteiger partial charge in [0, 0.05) is 13.1 Å². The molecule has 1 heterocycles. The van der Waals surface area contributed by atoms with Crippen molar-refractivity contribution in [2.45, 2.75) is 25.0 Å². The molecule has 0 aliphatic carbocycles. The van der Waals surface area contributed by atoms with E-state index in [1.54, 1.807) is 24.3 Å². The maximum absolute atomic E-state index is 12.1. The van der Waals surface area contributed by atoms with Gasteiger partial charge in [0.2, 0.25) is 10.0 Å². The number of piperidine rings is 1. The standard InChI is InChI=1S/C15H21N3O2S/c16-12-14-6-2-3-7-15(14)13-21(19,20)17-8-11-18-9-4-1-5-10-18/h2-3,6-7,17H,1,4-5,8-11,13H2. The number of benzene rings is 1. The Labute approximate surface area is 126 Å². The van der Waals surface area contributed by atoms with Crippen molar-refractivity contribution in [2.75, 3.05) is 26.2 Å². The molecule has 5 nitrogen and oxygen atoms in total.